The van der Waals surface area contributed by atoms with Crippen LogP contribution in [0.3, 0.4) is 0 Å². The van der Waals surface area contributed by atoms with Gasteiger partial charge < -0.3 is 15.4 Å². The van der Waals surface area contributed by atoms with Gasteiger partial charge in [-0.3, -0.25) is 4.79 Å². The van der Waals surface area contributed by atoms with Gasteiger partial charge in [-0.15, -0.1) is 0 Å². The molecule has 3 rings (SSSR count). The molecule has 2 N–H and O–H groups in total. The van der Waals surface area contributed by atoms with E-state index in [1.165, 1.54) is 5.56 Å². The second-order valence-electron chi connectivity index (χ2n) is 5.92. The van der Waals surface area contributed by atoms with Gasteiger partial charge in [0, 0.05) is 5.92 Å². The first-order valence-electron chi connectivity index (χ1n) is 7.35. The summed E-state index contributed by atoms with van der Waals surface area (Å²) < 4.78 is 5.71. The van der Waals surface area contributed by atoms with Crippen molar-refractivity contribution < 1.29 is 9.53 Å². The highest BCUT2D eigenvalue weighted by Crippen LogP contribution is 2.48. The van der Waals surface area contributed by atoms with Crippen LogP contribution in [-0.2, 0) is 4.79 Å². The topological polar surface area (TPSA) is 50.4 Å². The second-order valence-corrected chi connectivity index (χ2v) is 5.92. The molecule has 1 heterocycles. The van der Waals surface area contributed by atoms with Gasteiger partial charge >= 0.3 is 0 Å². The normalized spacial score (nSPS) is 27.0. The summed E-state index contributed by atoms with van der Waals surface area (Å²) in [5, 5.41) is 6.28. The number of carbonyl (C=O) groups is 1. The van der Waals surface area contributed by atoms with E-state index in [-0.39, 0.29) is 11.8 Å². The zero-order valence-corrected chi connectivity index (χ0v) is 12.1. The highest BCUT2D eigenvalue weighted by Gasteiger charge is 2.56. The van der Waals surface area contributed by atoms with Gasteiger partial charge in [0.05, 0.1) is 6.54 Å². The average molecular weight is 274 g/mol. The number of hydrogen-bond donors (Lipinski definition) is 2. The number of aryl methyl sites for hydroxylation is 2. The molecule has 1 aromatic rings. The SMILES string of the molecule is Cc1ccc(OCCNC(=O)C2[C@H]3CNC[C@@H]23)c(C)c1. The average Bonchev–Trinajstić information content (AvgIpc) is 2.90. The van der Waals surface area contributed by atoms with Crippen molar-refractivity contribution in [1.29, 1.82) is 0 Å². The zero-order valence-electron chi connectivity index (χ0n) is 12.1. The van der Waals surface area contributed by atoms with Crippen molar-refractivity contribution >= 4 is 5.91 Å². The molecule has 1 aromatic carbocycles. The molecule has 0 radical (unpaired) electrons. The summed E-state index contributed by atoms with van der Waals surface area (Å²) in [6.45, 7) is 7.22. The van der Waals surface area contributed by atoms with E-state index in [9.17, 15) is 4.79 Å². The standard InChI is InChI=1S/C16H22N2O2/c1-10-3-4-14(11(2)7-10)20-6-5-18-16(19)15-12-8-17-9-13(12)15/h3-4,7,12-13,15,17H,5-6,8-9H2,1-2H3,(H,18,19)/t12-,13+,15?. The number of carbonyl (C=O) groups excluding carboxylic acids is 1. The van der Waals surface area contributed by atoms with Crippen LogP contribution < -0.4 is 15.4 Å². The third kappa shape index (κ3) is 2.66. The first kappa shape index (κ1) is 13.4. The fraction of sp³-hybridized carbons (Fsp3) is 0.562. The molecular formula is C16H22N2O2. The van der Waals surface area contributed by atoms with Crippen LogP contribution in [0.1, 0.15) is 11.1 Å². The van der Waals surface area contributed by atoms with Gasteiger partial charge in [0.1, 0.15) is 12.4 Å². The summed E-state index contributed by atoms with van der Waals surface area (Å²) in [7, 11) is 0. The quantitative estimate of drug-likeness (QED) is 0.795. The predicted molar refractivity (Wildman–Crippen MR) is 77.8 cm³/mol. The third-order valence-electron chi connectivity index (χ3n) is 4.38. The van der Waals surface area contributed by atoms with E-state index in [2.05, 4.69) is 23.6 Å². The fourth-order valence-electron chi connectivity index (χ4n) is 3.22. The molecule has 1 unspecified atom stereocenters. The molecule has 4 nitrogen and oxygen atoms in total. The maximum atomic E-state index is 11.9. The third-order valence-corrected chi connectivity index (χ3v) is 4.38. The van der Waals surface area contributed by atoms with Gasteiger partial charge in [0.25, 0.3) is 0 Å². The number of rotatable bonds is 5. The molecule has 0 bridgehead atoms. The number of piperidine rings is 1. The molecule has 0 aromatic heterocycles. The van der Waals surface area contributed by atoms with E-state index in [1.807, 2.05) is 19.1 Å². The van der Waals surface area contributed by atoms with Crippen molar-refractivity contribution in [2.45, 2.75) is 13.8 Å². The number of hydrogen-bond acceptors (Lipinski definition) is 3. The Labute approximate surface area is 119 Å². The monoisotopic (exact) mass is 274 g/mol. The maximum Gasteiger partial charge on any atom is 0.223 e. The smallest absolute Gasteiger partial charge is 0.223 e. The lowest BCUT2D eigenvalue weighted by molar-refractivity contribution is -0.123. The number of fused-ring (bicyclic) bond motifs is 1. The number of ether oxygens (including phenoxy) is 1. The van der Waals surface area contributed by atoms with Gasteiger partial charge in [0.15, 0.2) is 0 Å². The van der Waals surface area contributed by atoms with Crippen molar-refractivity contribution in [2.75, 3.05) is 26.2 Å². The summed E-state index contributed by atoms with van der Waals surface area (Å²) in [6.07, 6.45) is 0. The van der Waals surface area contributed by atoms with Crippen LogP contribution in [0.2, 0.25) is 0 Å². The van der Waals surface area contributed by atoms with Gasteiger partial charge in [-0.1, -0.05) is 17.7 Å². The van der Waals surface area contributed by atoms with Crippen LogP contribution in [0, 0.1) is 31.6 Å². The molecule has 0 spiro atoms. The Balaban J connectivity index is 1.39. The molecule has 2 aliphatic rings. The lowest BCUT2D eigenvalue weighted by atomic mass is 10.1. The Hall–Kier alpha value is -1.55. The maximum absolute atomic E-state index is 11.9. The number of benzene rings is 1. The van der Waals surface area contributed by atoms with Crippen LogP contribution in [0.15, 0.2) is 18.2 Å². The van der Waals surface area contributed by atoms with Gasteiger partial charge in [0.2, 0.25) is 5.91 Å². The van der Waals surface area contributed by atoms with Crippen molar-refractivity contribution in [2.24, 2.45) is 17.8 Å². The van der Waals surface area contributed by atoms with E-state index in [0.717, 1.165) is 24.4 Å². The summed E-state index contributed by atoms with van der Waals surface area (Å²) in [5.41, 5.74) is 2.37. The van der Waals surface area contributed by atoms with Crippen LogP contribution in [0.25, 0.3) is 0 Å². The van der Waals surface area contributed by atoms with Crippen LogP contribution in [0.5, 0.6) is 5.75 Å². The first-order valence-corrected chi connectivity index (χ1v) is 7.35. The van der Waals surface area contributed by atoms with E-state index >= 15 is 0 Å². The Kier molecular flexibility index (Phi) is 3.66. The molecule has 2 fully saturated rings. The minimum Gasteiger partial charge on any atom is -0.491 e. The van der Waals surface area contributed by atoms with Crippen molar-refractivity contribution in [3.8, 4) is 5.75 Å². The van der Waals surface area contributed by atoms with Gasteiger partial charge in [-0.05, 0) is 50.4 Å². The number of amides is 1. The van der Waals surface area contributed by atoms with Gasteiger partial charge in [-0.2, -0.15) is 0 Å². The van der Waals surface area contributed by atoms with E-state index in [4.69, 9.17) is 4.74 Å². The fourth-order valence-corrected chi connectivity index (χ4v) is 3.22. The van der Waals surface area contributed by atoms with Crippen LogP contribution in [0.4, 0.5) is 0 Å². The highest BCUT2D eigenvalue weighted by atomic mass is 16.5. The second kappa shape index (κ2) is 5.44. The van der Waals surface area contributed by atoms with Crippen LogP contribution in [-0.4, -0.2) is 32.1 Å². The molecule has 4 heteroatoms. The molecule has 108 valence electrons. The largest absolute Gasteiger partial charge is 0.491 e. The minimum absolute atomic E-state index is 0.200. The molecule has 20 heavy (non-hydrogen) atoms. The molecule has 1 saturated heterocycles. The van der Waals surface area contributed by atoms with Crippen LogP contribution >= 0.6 is 0 Å². The Morgan fingerprint density at radius 2 is 2.10 bits per heavy atom. The summed E-state index contributed by atoms with van der Waals surface area (Å²) in [4.78, 5) is 11.9. The number of nitrogens with one attached hydrogen (secondary N) is 2. The Bertz CT molecular complexity index is 505. The van der Waals surface area contributed by atoms with E-state index < -0.39 is 0 Å². The predicted octanol–water partition coefficient (Wildman–Crippen LogP) is 1.26. The molecule has 1 aliphatic carbocycles. The molecule has 3 atom stereocenters. The van der Waals surface area contributed by atoms with E-state index in [0.29, 0.717) is 25.0 Å². The van der Waals surface area contributed by atoms with E-state index in [1.54, 1.807) is 0 Å². The van der Waals surface area contributed by atoms with Crippen molar-refractivity contribution in [3.05, 3.63) is 29.3 Å². The lowest BCUT2D eigenvalue weighted by Gasteiger charge is -2.11. The molecule has 1 aliphatic heterocycles. The summed E-state index contributed by atoms with van der Waals surface area (Å²) >= 11 is 0. The summed E-state index contributed by atoms with van der Waals surface area (Å²) in [6, 6.07) is 6.13. The first-order chi connectivity index (χ1) is 9.66. The van der Waals surface area contributed by atoms with Crippen molar-refractivity contribution in [3.63, 3.8) is 0 Å². The Morgan fingerprint density at radius 1 is 1.35 bits per heavy atom. The minimum atomic E-state index is 0.200. The zero-order chi connectivity index (χ0) is 14.1. The molecular weight excluding hydrogens is 252 g/mol. The van der Waals surface area contributed by atoms with Crippen molar-refractivity contribution in [1.82, 2.24) is 10.6 Å². The van der Waals surface area contributed by atoms with Gasteiger partial charge in [-0.25, -0.2) is 0 Å². The molecule has 1 amide bonds. The Morgan fingerprint density at radius 3 is 2.80 bits per heavy atom. The highest BCUT2D eigenvalue weighted by molar-refractivity contribution is 5.82. The summed E-state index contributed by atoms with van der Waals surface area (Å²) in [5.74, 6) is 2.51. The lowest BCUT2D eigenvalue weighted by Crippen LogP contribution is -2.32. The molecule has 1 saturated carbocycles.